The second-order valence-electron chi connectivity index (χ2n) is 10.3. The molecule has 3 aromatic carbocycles. The third-order valence-corrected chi connectivity index (χ3v) is 7.71. The Bertz CT molecular complexity index is 1410. The first-order valence-corrected chi connectivity index (χ1v) is 14.0. The van der Waals surface area contributed by atoms with Crippen molar-refractivity contribution in [2.45, 2.75) is 26.0 Å². The van der Waals surface area contributed by atoms with Gasteiger partial charge in [-0.05, 0) is 66.4 Å². The number of likely N-dealkylation sites (tertiary alicyclic amines) is 1. The highest BCUT2D eigenvalue weighted by atomic mass is 16.5. The Balaban J connectivity index is 1.40. The second kappa shape index (κ2) is 13.0. The van der Waals surface area contributed by atoms with E-state index >= 15 is 0 Å². The van der Waals surface area contributed by atoms with Gasteiger partial charge in [0.25, 0.3) is 11.7 Å². The van der Waals surface area contributed by atoms with E-state index in [0.717, 1.165) is 30.8 Å². The lowest BCUT2D eigenvalue weighted by molar-refractivity contribution is -0.140. The number of benzene rings is 3. The molecule has 214 valence electrons. The molecule has 8 heteroatoms. The van der Waals surface area contributed by atoms with E-state index in [2.05, 4.69) is 4.90 Å². The average Bonchev–Trinajstić information content (AvgIpc) is 3.26. The number of Topliss-reactive ketones (excluding diaryl/α,β-unsaturated/α-hetero) is 1. The second-order valence-corrected chi connectivity index (χ2v) is 10.3. The van der Waals surface area contributed by atoms with Crippen LogP contribution < -0.4 is 9.47 Å². The Hall–Kier alpha value is -4.14. The van der Waals surface area contributed by atoms with Crippen molar-refractivity contribution in [3.05, 3.63) is 101 Å². The van der Waals surface area contributed by atoms with Gasteiger partial charge in [0.2, 0.25) is 0 Å². The molecule has 1 amide bonds. The summed E-state index contributed by atoms with van der Waals surface area (Å²) in [5, 5.41) is 11.4. The first kappa shape index (κ1) is 28.4. The summed E-state index contributed by atoms with van der Waals surface area (Å²) in [7, 11) is 1.57. The average molecular weight is 557 g/mol. The van der Waals surface area contributed by atoms with E-state index in [0.29, 0.717) is 55.4 Å². The Morgan fingerprint density at radius 3 is 2.44 bits per heavy atom. The number of methoxy groups -OCH3 is 1. The van der Waals surface area contributed by atoms with Crippen molar-refractivity contribution in [2.24, 2.45) is 0 Å². The Kier molecular flexibility index (Phi) is 9.01. The lowest BCUT2D eigenvalue weighted by atomic mass is 9.95. The van der Waals surface area contributed by atoms with Crippen molar-refractivity contribution >= 4 is 17.4 Å². The number of amides is 1. The molecule has 2 saturated heterocycles. The topological polar surface area (TPSA) is 88.5 Å². The van der Waals surface area contributed by atoms with Gasteiger partial charge < -0.3 is 24.2 Å². The van der Waals surface area contributed by atoms with Gasteiger partial charge >= 0.3 is 0 Å². The summed E-state index contributed by atoms with van der Waals surface area (Å²) < 4.78 is 16.8. The zero-order valence-electron chi connectivity index (χ0n) is 23.5. The highest BCUT2D eigenvalue weighted by Gasteiger charge is 2.46. The van der Waals surface area contributed by atoms with Crippen LogP contribution in [0.25, 0.3) is 5.76 Å². The van der Waals surface area contributed by atoms with Gasteiger partial charge in [0.1, 0.15) is 23.9 Å². The highest BCUT2D eigenvalue weighted by Crippen LogP contribution is 2.40. The van der Waals surface area contributed by atoms with Crippen molar-refractivity contribution in [1.82, 2.24) is 9.80 Å². The van der Waals surface area contributed by atoms with E-state index in [9.17, 15) is 14.7 Å². The van der Waals surface area contributed by atoms with Crippen LogP contribution in [-0.2, 0) is 20.9 Å². The van der Waals surface area contributed by atoms with Gasteiger partial charge in [-0.3, -0.25) is 14.5 Å². The maximum absolute atomic E-state index is 13.4. The summed E-state index contributed by atoms with van der Waals surface area (Å²) >= 11 is 0. The molecule has 8 nitrogen and oxygen atoms in total. The van der Waals surface area contributed by atoms with E-state index in [1.807, 2.05) is 49.4 Å². The molecule has 1 atom stereocenters. The van der Waals surface area contributed by atoms with Gasteiger partial charge in [0.05, 0.1) is 31.9 Å². The fourth-order valence-corrected chi connectivity index (χ4v) is 5.36. The summed E-state index contributed by atoms with van der Waals surface area (Å²) in [4.78, 5) is 30.6. The number of rotatable bonds is 10. The molecule has 0 aliphatic carbocycles. The third-order valence-electron chi connectivity index (χ3n) is 7.71. The molecule has 3 aromatic rings. The SMILES string of the molecule is COc1cccc(C2C(=C(O)c3ccc(OCc4ccccc4C)cc3)C(=O)C(=O)N2CCCN2CCOCC2)c1. The van der Waals surface area contributed by atoms with E-state index in [1.54, 1.807) is 42.3 Å². The van der Waals surface area contributed by atoms with Gasteiger partial charge in [0.15, 0.2) is 0 Å². The van der Waals surface area contributed by atoms with E-state index in [4.69, 9.17) is 14.2 Å². The number of ether oxygens (including phenoxy) is 3. The van der Waals surface area contributed by atoms with Crippen LogP contribution in [0.15, 0.2) is 78.4 Å². The van der Waals surface area contributed by atoms with Gasteiger partial charge in [-0.25, -0.2) is 0 Å². The minimum atomic E-state index is -0.730. The number of hydrogen-bond donors (Lipinski definition) is 1. The summed E-state index contributed by atoms with van der Waals surface area (Å²) in [6.45, 7) is 6.73. The van der Waals surface area contributed by atoms with Gasteiger partial charge in [-0.2, -0.15) is 0 Å². The molecule has 0 spiro atoms. The van der Waals surface area contributed by atoms with Gasteiger partial charge in [0, 0.05) is 31.7 Å². The molecule has 0 radical (unpaired) electrons. The molecule has 1 unspecified atom stereocenters. The first-order chi connectivity index (χ1) is 20.0. The maximum atomic E-state index is 13.4. The molecular formula is C33H36N2O6. The lowest BCUT2D eigenvalue weighted by Crippen LogP contribution is -2.38. The van der Waals surface area contributed by atoms with Crippen molar-refractivity contribution in [2.75, 3.05) is 46.5 Å². The van der Waals surface area contributed by atoms with Crippen LogP contribution in [0.4, 0.5) is 0 Å². The van der Waals surface area contributed by atoms with Crippen LogP contribution in [-0.4, -0.2) is 73.1 Å². The van der Waals surface area contributed by atoms with Crippen LogP contribution in [0.5, 0.6) is 11.5 Å². The Morgan fingerprint density at radius 2 is 1.71 bits per heavy atom. The molecular weight excluding hydrogens is 520 g/mol. The molecule has 2 aliphatic heterocycles. The summed E-state index contributed by atoms with van der Waals surface area (Å²) in [5.74, 6) is -0.271. The minimum Gasteiger partial charge on any atom is -0.507 e. The Morgan fingerprint density at radius 1 is 0.951 bits per heavy atom. The number of hydrogen-bond acceptors (Lipinski definition) is 7. The Labute approximate surface area is 240 Å². The minimum absolute atomic E-state index is 0.0724. The van der Waals surface area contributed by atoms with Crippen molar-refractivity contribution in [1.29, 1.82) is 0 Å². The van der Waals surface area contributed by atoms with E-state index < -0.39 is 17.7 Å². The number of aryl methyl sites for hydroxylation is 1. The smallest absolute Gasteiger partial charge is 0.295 e. The zero-order valence-corrected chi connectivity index (χ0v) is 23.5. The number of carbonyl (C=O) groups is 2. The monoisotopic (exact) mass is 556 g/mol. The first-order valence-electron chi connectivity index (χ1n) is 14.0. The summed E-state index contributed by atoms with van der Waals surface area (Å²) in [5.41, 5.74) is 3.45. The molecule has 1 N–H and O–H groups in total. The molecule has 0 bridgehead atoms. The summed E-state index contributed by atoms with van der Waals surface area (Å²) in [6.07, 6.45) is 0.695. The predicted molar refractivity (Wildman–Crippen MR) is 156 cm³/mol. The summed E-state index contributed by atoms with van der Waals surface area (Å²) in [6, 6.07) is 21.5. The standard InChI is InChI=1S/C33H36N2O6/c1-23-7-3-4-8-26(23)22-41-27-13-11-24(12-14-27)31(36)29-30(25-9-5-10-28(21-25)39-2)35(33(38)32(29)37)16-6-15-34-17-19-40-20-18-34/h3-5,7-14,21,30,36H,6,15-20,22H2,1-2H3. The van der Waals surface area contributed by atoms with E-state index in [1.165, 1.54) is 0 Å². The maximum Gasteiger partial charge on any atom is 0.295 e. The van der Waals surface area contributed by atoms with Crippen molar-refractivity contribution in [3.8, 4) is 11.5 Å². The van der Waals surface area contributed by atoms with Crippen LogP contribution >= 0.6 is 0 Å². The number of nitrogens with zero attached hydrogens (tertiary/aromatic N) is 2. The lowest BCUT2D eigenvalue weighted by Gasteiger charge is -2.29. The quantitative estimate of drug-likeness (QED) is 0.220. The molecule has 41 heavy (non-hydrogen) atoms. The zero-order chi connectivity index (χ0) is 28.8. The number of morpholine rings is 1. The van der Waals surface area contributed by atoms with Crippen LogP contribution in [0.1, 0.15) is 34.7 Å². The van der Waals surface area contributed by atoms with E-state index in [-0.39, 0.29) is 11.3 Å². The predicted octanol–water partition coefficient (Wildman–Crippen LogP) is 4.73. The number of carbonyl (C=O) groups excluding carboxylic acids is 2. The van der Waals surface area contributed by atoms with Crippen LogP contribution in [0, 0.1) is 6.92 Å². The number of aliphatic hydroxyl groups excluding tert-OH is 1. The van der Waals surface area contributed by atoms with Crippen molar-refractivity contribution < 1.29 is 28.9 Å². The molecule has 2 heterocycles. The molecule has 2 aliphatic rings. The largest absolute Gasteiger partial charge is 0.507 e. The fourth-order valence-electron chi connectivity index (χ4n) is 5.36. The molecule has 2 fully saturated rings. The van der Waals surface area contributed by atoms with Crippen molar-refractivity contribution in [3.63, 3.8) is 0 Å². The third kappa shape index (κ3) is 6.45. The normalized spacial score (nSPS) is 19.0. The van der Waals surface area contributed by atoms with Crippen LogP contribution in [0.2, 0.25) is 0 Å². The molecule has 0 saturated carbocycles. The number of ketones is 1. The number of aliphatic hydroxyl groups is 1. The molecule has 0 aromatic heterocycles. The fraction of sp³-hybridized carbons (Fsp3) is 0.333. The van der Waals surface area contributed by atoms with Gasteiger partial charge in [-0.15, -0.1) is 0 Å². The highest BCUT2D eigenvalue weighted by molar-refractivity contribution is 6.46. The molecule has 5 rings (SSSR count). The van der Waals surface area contributed by atoms with Gasteiger partial charge in [-0.1, -0.05) is 36.4 Å². The van der Waals surface area contributed by atoms with Crippen LogP contribution in [0.3, 0.4) is 0 Å².